The van der Waals surface area contributed by atoms with E-state index in [0.717, 1.165) is 6.92 Å². The second-order valence-electron chi connectivity index (χ2n) is 6.36. The van der Waals surface area contributed by atoms with Gasteiger partial charge < -0.3 is 54.4 Å². The van der Waals surface area contributed by atoms with E-state index in [1.165, 1.54) is 0 Å². The minimum Gasteiger partial charge on any atom is -0.726 e. The molecule has 15 nitrogen and oxygen atoms in total. The Bertz CT molecular complexity index is 794. The fourth-order valence-electron chi connectivity index (χ4n) is 2.80. The summed E-state index contributed by atoms with van der Waals surface area (Å²) in [6.45, 7) is -0.000369. The first-order valence-corrected chi connectivity index (χ1v) is 9.64. The predicted molar refractivity (Wildman–Crippen MR) is 85.0 cm³/mol. The molecule has 18 heteroatoms. The maximum Gasteiger partial charge on any atom is 1.00 e. The van der Waals surface area contributed by atoms with Crippen LogP contribution in [0.15, 0.2) is 11.8 Å². The standard InChI is InChI=1S/C14H21NO14S.2Na/c1-4(16)15-8-11(10(19)7(27-13(8)22)3-26-30(23,24)25)29-14-9(18)5(17)2-6(28-14)12(20)21;;/h2,5,7-11,13-14,17-19,22H,3H2,1H3,(H,15,16)(H,20,21)(H,23,24,25);;/q;2*+1/p-2/t5-,7+,8+,9+,10-,11+,13?,14-;;/m0../s1. The second-order valence-corrected chi connectivity index (χ2v) is 7.41. The van der Waals surface area contributed by atoms with Crippen LogP contribution < -0.4 is 69.5 Å². The number of nitrogens with one attached hydrogen (secondary N) is 1. The van der Waals surface area contributed by atoms with Gasteiger partial charge in [-0.3, -0.25) is 8.98 Å². The Balaban J connectivity index is 0.00000480. The number of aliphatic carboxylic acids is 1. The van der Waals surface area contributed by atoms with Gasteiger partial charge in [-0.2, -0.15) is 0 Å². The van der Waals surface area contributed by atoms with Crippen molar-refractivity contribution in [2.24, 2.45) is 0 Å². The molecule has 1 amide bonds. The average Bonchev–Trinajstić information content (AvgIpc) is 2.61. The SMILES string of the molecule is CC(=O)N[C@H]1C(O)O[C@H](COS(=O)(=O)[O-])[C@H](O)[C@@H]1O[C@@H]1OC(C(=O)[O-])=C[C@H](O)[C@H]1O.[Na+].[Na+]. The molecule has 2 rings (SSSR count). The van der Waals surface area contributed by atoms with Crippen molar-refractivity contribution < 1.29 is 126 Å². The van der Waals surface area contributed by atoms with Gasteiger partial charge in [0.05, 0.1) is 6.61 Å². The van der Waals surface area contributed by atoms with Crippen molar-refractivity contribution in [1.82, 2.24) is 5.32 Å². The predicted octanol–water partition coefficient (Wildman–Crippen LogP) is -11.8. The normalized spacial score (nSPS) is 34.8. The van der Waals surface area contributed by atoms with Gasteiger partial charge in [0, 0.05) is 6.92 Å². The molecule has 32 heavy (non-hydrogen) atoms. The number of amides is 1. The van der Waals surface area contributed by atoms with Crippen LogP contribution in [0.4, 0.5) is 0 Å². The largest absolute Gasteiger partial charge is 1.00 e. The summed E-state index contributed by atoms with van der Waals surface area (Å²) in [6, 6.07) is -1.53. The van der Waals surface area contributed by atoms with Crippen LogP contribution in [0, 0.1) is 0 Å². The van der Waals surface area contributed by atoms with Crippen LogP contribution in [0.3, 0.4) is 0 Å². The van der Waals surface area contributed by atoms with Gasteiger partial charge in [-0.15, -0.1) is 0 Å². The first-order chi connectivity index (χ1) is 13.8. The summed E-state index contributed by atoms with van der Waals surface area (Å²) in [5.74, 6) is -3.47. The van der Waals surface area contributed by atoms with Gasteiger partial charge in [-0.05, 0) is 6.08 Å². The van der Waals surface area contributed by atoms with E-state index in [1.807, 2.05) is 0 Å². The van der Waals surface area contributed by atoms with E-state index >= 15 is 0 Å². The number of aliphatic hydroxyl groups excluding tert-OH is 4. The van der Waals surface area contributed by atoms with Gasteiger partial charge in [-0.25, -0.2) is 8.42 Å². The van der Waals surface area contributed by atoms with Crippen molar-refractivity contribution in [3.05, 3.63) is 11.8 Å². The Hall–Kier alpha value is 0.110. The van der Waals surface area contributed by atoms with Crippen LogP contribution in [0.1, 0.15) is 6.92 Å². The second kappa shape index (κ2) is 13.3. The van der Waals surface area contributed by atoms with Crippen molar-refractivity contribution in [2.45, 2.75) is 56.1 Å². The molecule has 172 valence electrons. The number of ether oxygens (including phenoxy) is 3. The zero-order valence-electron chi connectivity index (χ0n) is 17.2. The topological polar surface area (TPSA) is 244 Å². The van der Waals surface area contributed by atoms with Crippen LogP contribution in [0.5, 0.6) is 0 Å². The zero-order valence-corrected chi connectivity index (χ0v) is 22.0. The maximum atomic E-state index is 11.4. The third-order valence-corrected chi connectivity index (χ3v) is 4.55. The molecule has 5 N–H and O–H groups in total. The number of carboxylic acid groups (broad SMARTS) is 1. The minimum atomic E-state index is -5.19. The van der Waals surface area contributed by atoms with Gasteiger partial charge in [-0.1, -0.05) is 0 Å². The molecule has 0 aromatic heterocycles. The van der Waals surface area contributed by atoms with E-state index in [9.17, 15) is 48.1 Å². The van der Waals surface area contributed by atoms with Gasteiger partial charge in [0.25, 0.3) is 0 Å². The first kappa shape index (κ1) is 32.1. The molecule has 2 aliphatic rings. The number of carbonyl (C=O) groups is 2. The molecule has 2 aliphatic heterocycles. The first-order valence-electron chi connectivity index (χ1n) is 8.30. The van der Waals surface area contributed by atoms with Crippen LogP contribution >= 0.6 is 0 Å². The Kier molecular flexibility index (Phi) is 13.3. The molecule has 0 bridgehead atoms. The Labute approximate surface area is 226 Å². The molecule has 0 aromatic rings. The van der Waals surface area contributed by atoms with Crippen molar-refractivity contribution in [3.63, 3.8) is 0 Å². The van der Waals surface area contributed by atoms with Crippen molar-refractivity contribution in [3.8, 4) is 0 Å². The summed E-state index contributed by atoms with van der Waals surface area (Å²) >= 11 is 0. The number of hydrogen-bond acceptors (Lipinski definition) is 14. The fourth-order valence-corrected chi connectivity index (χ4v) is 3.10. The summed E-state index contributed by atoms with van der Waals surface area (Å²) < 4.78 is 51.0. The summed E-state index contributed by atoms with van der Waals surface area (Å²) in [7, 11) is -5.19. The van der Waals surface area contributed by atoms with E-state index < -0.39 is 83.8 Å². The van der Waals surface area contributed by atoms with Crippen molar-refractivity contribution >= 4 is 22.3 Å². The molecular weight excluding hydrogens is 484 g/mol. The average molecular weight is 503 g/mol. The van der Waals surface area contributed by atoms with Crippen molar-refractivity contribution in [1.29, 1.82) is 0 Å². The smallest absolute Gasteiger partial charge is 0.726 e. The van der Waals surface area contributed by atoms with E-state index in [1.54, 1.807) is 0 Å². The van der Waals surface area contributed by atoms with Gasteiger partial charge in [0.15, 0.2) is 6.29 Å². The molecule has 2 heterocycles. The monoisotopic (exact) mass is 503 g/mol. The molecule has 0 spiro atoms. The van der Waals surface area contributed by atoms with E-state index in [4.69, 9.17) is 14.2 Å². The summed E-state index contributed by atoms with van der Waals surface area (Å²) in [6.07, 6.45) is -12.1. The molecule has 0 radical (unpaired) electrons. The Morgan fingerprint density at radius 3 is 2.28 bits per heavy atom. The molecule has 0 aromatic carbocycles. The quantitative estimate of drug-likeness (QED) is 0.123. The van der Waals surface area contributed by atoms with Crippen LogP contribution in [-0.4, -0.2) is 101 Å². The summed E-state index contributed by atoms with van der Waals surface area (Å²) in [5, 5.41) is 53.5. The van der Waals surface area contributed by atoms with Gasteiger partial charge in [0.2, 0.25) is 22.6 Å². The fraction of sp³-hybridized carbons (Fsp3) is 0.714. The molecule has 8 atom stereocenters. The third-order valence-electron chi connectivity index (χ3n) is 4.13. The number of carboxylic acids is 1. The van der Waals surface area contributed by atoms with E-state index in [2.05, 4.69) is 9.50 Å². The molecule has 0 saturated carbocycles. The minimum absolute atomic E-state index is 0. The number of aliphatic hydroxyl groups is 4. The molecule has 1 fully saturated rings. The number of rotatable bonds is 7. The Morgan fingerprint density at radius 2 is 1.78 bits per heavy atom. The van der Waals surface area contributed by atoms with Crippen LogP contribution in [0.2, 0.25) is 0 Å². The zero-order chi connectivity index (χ0) is 22.8. The summed E-state index contributed by atoms with van der Waals surface area (Å²) in [5.41, 5.74) is 0. The summed E-state index contributed by atoms with van der Waals surface area (Å²) in [4.78, 5) is 22.4. The van der Waals surface area contributed by atoms with Gasteiger partial charge in [0.1, 0.15) is 48.3 Å². The molecule has 1 unspecified atom stereocenters. The number of hydrogen-bond donors (Lipinski definition) is 5. The van der Waals surface area contributed by atoms with Crippen LogP contribution in [-0.2, 0) is 38.4 Å². The van der Waals surface area contributed by atoms with Crippen LogP contribution in [0.25, 0.3) is 0 Å². The third kappa shape index (κ3) is 8.71. The maximum absolute atomic E-state index is 11.4. The Morgan fingerprint density at radius 1 is 1.19 bits per heavy atom. The van der Waals surface area contributed by atoms with Gasteiger partial charge >= 0.3 is 59.1 Å². The molecule has 0 aliphatic carbocycles. The molecular formula is C14H19NNa2O14S. The van der Waals surface area contributed by atoms with Crippen molar-refractivity contribution in [2.75, 3.05) is 6.61 Å². The number of carbonyl (C=O) groups excluding carboxylic acids is 2. The molecule has 1 saturated heterocycles. The van der Waals surface area contributed by atoms with E-state index in [0.29, 0.717) is 6.08 Å². The van der Waals surface area contributed by atoms with E-state index in [-0.39, 0.29) is 59.1 Å².